The van der Waals surface area contributed by atoms with E-state index in [1.165, 1.54) is 6.21 Å². The molecular weight excluding hydrogens is 500 g/mol. The number of fused-ring (bicyclic) bond motifs is 2. The Morgan fingerprint density at radius 3 is 2.34 bits per heavy atom. The molecule has 188 valence electrons. The number of rotatable bonds is 7. The zero-order chi connectivity index (χ0) is 26.5. The van der Waals surface area contributed by atoms with Crippen molar-refractivity contribution in [3.8, 4) is 11.5 Å². The number of hydrazone groups is 1. The Morgan fingerprint density at radius 1 is 0.842 bits per heavy atom. The van der Waals surface area contributed by atoms with Crippen molar-refractivity contribution in [2.75, 3.05) is 0 Å². The Hall–Kier alpha value is -4.68. The standard InChI is InChI=1S/C31H23ClN2O4/c1-20(37-24-16-14-21-8-2-3-10-23(21)18-24)30(35)34-33-19-27-25-11-5-4-9-22(25)15-17-29(27)38-31(36)26-12-6-7-13-28(26)32/h2-20H,1H3,(H,34,35). The topological polar surface area (TPSA) is 77.0 Å². The molecule has 1 N–H and O–H groups in total. The Balaban J connectivity index is 1.33. The summed E-state index contributed by atoms with van der Waals surface area (Å²) < 4.78 is 11.5. The minimum absolute atomic E-state index is 0.248. The summed E-state index contributed by atoms with van der Waals surface area (Å²) in [6.45, 7) is 1.65. The Bertz CT molecular complexity index is 1680. The number of halogens is 1. The zero-order valence-electron chi connectivity index (χ0n) is 20.4. The van der Waals surface area contributed by atoms with Crippen LogP contribution >= 0.6 is 11.6 Å². The second-order valence-electron chi connectivity index (χ2n) is 8.57. The third-order valence-electron chi connectivity index (χ3n) is 6.00. The van der Waals surface area contributed by atoms with Crippen LogP contribution in [0.15, 0.2) is 108 Å². The molecule has 0 fully saturated rings. The summed E-state index contributed by atoms with van der Waals surface area (Å²) in [5.74, 6) is -0.156. The highest BCUT2D eigenvalue weighted by Gasteiger charge is 2.17. The fourth-order valence-corrected chi connectivity index (χ4v) is 4.24. The van der Waals surface area contributed by atoms with Gasteiger partial charge in [-0.05, 0) is 58.8 Å². The highest BCUT2D eigenvalue weighted by Crippen LogP contribution is 2.28. The Labute approximate surface area is 224 Å². The van der Waals surface area contributed by atoms with Crippen LogP contribution in [0.3, 0.4) is 0 Å². The molecule has 0 saturated heterocycles. The highest BCUT2D eigenvalue weighted by atomic mass is 35.5. The van der Waals surface area contributed by atoms with Crippen LogP contribution in [0, 0.1) is 0 Å². The summed E-state index contributed by atoms with van der Waals surface area (Å²) in [6.07, 6.45) is 0.663. The van der Waals surface area contributed by atoms with Gasteiger partial charge in [0.2, 0.25) is 0 Å². The molecule has 0 bridgehead atoms. The number of carbonyl (C=O) groups is 2. The quantitative estimate of drug-likeness (QED) is 0.111. The van der Waals surface area contributed by atoms with Crippen LogP contribution in [0.2, 0.25) is 5.02 Å². The van der Waals surface area contributed by atoms with E-state index in [4.69, 9.17) is 21.1 Å². The summed E-state index contributed by atoms with van der Waals surface area (Å²) in [5, 5.41) is 8.26. The van der Waals surface area contributed by atoms with Crippen LogP contribution in [-0.2, 0) is 4.79 Å². The first-order chi connectivity index (χ1) is 18.5. The molecule has 38 heavy (non-hydrogen) atoms. The lowest BCUT2D eigenvalue weighted by Gasteiger charge is -2.14. The first-order valence-electron chi connectivity index (χ1n) is 12.0. The van der Waals surface area contributed by atoms with Crippen molar-refractivity contribution in [2.45, 2.75) is 13.0 Å². The summed E-state index contributed by atoms with van der Waals surface area (Å²) in [7, 11) is 0. The molecule has 5 rings (SSSR count). The van der Waals surface area contributed by atoms with Crippen LogP contribution < -0.4 is 14.9 Å². The molecule has 0 aliphatic carbocycles. The van der Waals surface area contributed by atoms with Gasteiger partial charge in [0.1, 0.15) is 11.5 Å². The molecule has 1 atom stereocenters. The summed E-state index contributed by atoms with van der Waals surface area (Å²) in [4.78, 5) is 25.5. The molecule has 0 aliphatic rings. The molecular formula is C31H23ClN2O4. The van der Waals surface area contributed by atoms with Crippen LogP contribution in [0.25, 0.3) is 21.5 Å². The van der Waals surface area contributed by atoms with Gasteiger partial charge in [-0.1, -0.05) is 84.4 Å². The van der Waals surface area contributed by atoms with Crippen molar-refractivity contribution in [1.29, 1.82) is 0 Å². The average molecular weight is 523 g/mol. The fourth-order valence-electron chi connectivity index (χ4n) is 4.03. The number of hydrogen-bond acceptors (Lipinski definition) is 5. The van der Waals surface area contributed by atoms with Gasteiger partial charge in [-0.2, -0.15) is 5.10 Å². The van der Waals surface area contributed by atoms with E-state index in [0.29, 0.717) is 16.3 Å². The maximum absolute atomic E-state index is 12.8. The smallest absolute Gasteiger partial charge is 0.345 e. The maximum atomic E-state index is 12.8. The molecule has 0 heterocycles. The van der Waals surface area contributed by atoms with E-state index >= 15 is 0 Å². The van der Waals surface area contributed by atoms with Gasteiger partial charge < -0.3 is 9.47 Å². The third kappa shape index (κ3) is 5.51. The van der Waals surface area contributed by atoms with Gasteiger partial charge in [0.15, 0.2) is 6.10 Å². The lowest BCUT2D eigenvalue weighted by atomic mass is 10.0. The van der Waals surface area contributed by atoms with Crippen LogP contribution in [0.5, 0.6) is 11.5 Å². The van der Waals surface area contributed by atoms with Crippen molar-refractivity contribution < 1.29 is 19.1 Å². The normalized spacial score (nSPS) is 11.9. The van der Waals surface area contributed by atoms with Gasteiger partial charge >= 0.3 is 5.97 Å². The summed E-state index contributed by atoms with van der Waals surface area (Å²) >= 11 is 6.17. The van der Waals surface area contributed by atoms with E-state index in [9.17, 15) is 9.59 Å². The number of carbonyl (C=O) groups excluding carboxylic acids is 2. The molecule has 1 unspecified atom stereocenters. The van der Waals surface area contributed by atoms with Crippen molar-refractivity contribution >= 4 is 51.2 Å². The van der Waals surface area contributed by atoms with Gasteiger partial charge in [0.25, 0.3) is 5.91 Å². The van der Waals surface area contributed by atoms with E-state index in [0.717, 1.165) is 21.5 Å². The molecule has 0 spiro atoms. The minimum Gasteiger partial charge on any atom is -0.481 e. The summed E-state index contributed by atoms with van der Waals surface area (Å²) in [6, 6.07) is 31.4. The van der Waals surface area contributed by atoms with Crippen molar-refractivity contribution in [1.82, 2.24) is 5.43 Å². The molecule has 7 heteroatoms. The SMILES string of the molecule is CC(Oc1ccc2ccccc2c1)C(=O)NN=Cc1c(OC(=O)c2ccccc2Cl)ccc2ccccc12. The first kappa shape index (κ1) is 25.0. The van der Waals surface area contributed by atoms with Gasteiger partial charge in [-0.15, -0.1) is 0 Å². The number of ether oxygens (including phenoxy) is 2. The minimum atomic E-state index is -0.793. The molecule has 5 aromatic rings. The summed E-state index contributed by atoms with van der Waals surface area (Å²) in [5.41, 5.74) is 3.30. The molecule has 0 aliphatic heterocycles. The number of hydrogen-bond donors (Lipinski definition) is 1. The first-order valence-corrected chi connectivity index (χ1v) is 12.3. The number of nitrogens with zero attached hydrogens (tertiary/aromatic N) is 1. The predicted molar refractivity (Wildman–Crippen MR) is 150 cm³/mol. The largest absolute Gasteiger partial charge is 0.481 e. The van der Waals surface area contributed by atoms with E-state index in [1.54, 1.807) is 37.3 Å². The average Bonchev–Trinajstić information content (AvgIpc) is 2.94. The van der Waals surface area contributed by atoms with Crippen molar-refractivity contribution in [3.05, 3.63) is 119 Å². The molecule has 0 radical (unpaired) electrons. The van der Waals surface area contributed by atoms with E-state index in [-0.39, 0.29) is 11.3 Å². The second kappa shape index (κ2) is 11.2. The third-order valence-corrected chi connectivity index (χ3v) is 6.33. The predicted octanol–water partition coefficient (Wildman–Crippen LogP) is 6.78. The Morgan fingerprint density at radius 2 is 1.53 bits per heavy atom. The van der Waals surface area contributed by atoms with Gasteiger partial charge in [0, 0.05) is 5.56 Å². The van der Waals surface area contributed by atoms with Gasteiger partial charge in [0.05, 0.1) is 16.8 Å². The number of nitrogens with one attached hydrogen (secondary N) is 1. The number of amides is 1. The van der Waals surface area contributed by atoms with Gasteiger partial charge in [-0.3, -0.25) is 4.79 Å². The van der Waals surface area contributed by atoms with Crippen molar-refractivity contribution in [3.63, 3.8) is 0 Å². The lowest BCUT2D eigenvalue weighted by Crippen LogP contribution is -2.33. The fraction of sp³-hybridized carbons (Fsp3) is 0.0645. The molecule has 1 amide bonds. The van der Waals surface area contributed by atoms with Gasteiger partial charge in [-0.25, -0.2) is 10.2 Å². The highest BCUT2D eigenvalue weighted by molar-refractivity contribution is 6.33. The number of benzene rings is 5. The molecule has 0 saturated carbocycles. The van der Waals surface area contributed by atoms with Crippen LogP contribution in [-0.4, -0.2) is 24.2 Å². The van der Waals surface area contributed by atoms with Crippen molar-refractivity contribution in [2.24, 2.45) is 5.10 Å². The number of esters is 1. The molecule has 5 aromatic carbocycles. The molecule has 6 nitrogen and oxygen atoms in total. The maximum Gasteiger partial charge on any atom is 0.345 e. The second-order valence-corrected chi connectivity index (χ2v) is 8.98. The van der Waals surface area contributed by atoms with E-state index in [1.807, 2.05) is 72.8 Å². The van der Waals surface area contributed by atoms with E-state index in [2.05, 4.69) is 10.5 Å². The zero-order valence-corrected chi connectivity index (χ0v) is 21.2. The van der Waals surface area contributed by atoms with E-state index < -0.39 is 18.0 Å². The molecule has 0 aromatic heterocycles. The monoisotopic (exact) mass is 522 g/mol. The van der Waals surface area contributed by atoms with Crippen LogP contribution in [0.1, 0.15) is 22.8 Å². The Kier molecular flexibility index (Phi) is 7.33. The van der Waals surface area contributed by atoms with Crippen LogP contribution in [0.4, 0.5) is 0 Å². The lowest BCUT2D eigenvalue weighted by molar-refractivity contribution is -0.127.